The first-order chi connectivity index (χ1) is 9.20. The molecule has 2 rings (SSSR count). The third kappa shape index (κ3) is 3.69. The lowest BCUT2D eigenvalue weighted by Crippen LogP contribution is -2.41. The van der Waals surface area contributed by atoms with Gasteiger partial charge in [-0.15, -0.1) is 0 Å². The summed E-state index contributed by atoms with van der Waals surface area (Å²) in [6, 6.07) is 14.4. The average Bonchev–Trinajstić information content (AvgIpc) is 2.43. The van der Waals surface area contributed by atoms with Crippen LogP contribution in [0.25, 0.3) is 10.8 Å². The normalized spacial score (nSPS) is 12.8. The minimum atomic E-state index is -0.0426. The summed E-state index contributed by atoms with van der Waals surface area (Å²) in [5.74, 6) is 0.863. The summed E-state index contributed by atoms with van der Waals surface area (Å²) in [4.78, 5) is 0. The number of aliphatic hydroxyl groups is 1. The summed E-state index contributed by atoms with van der Waals surface area (Å²) in [6.07, 6.45) is 0. The number of ether oxygens (including phenoxy) is 1. The lowest BCUT2D eigenvalue weighted by molar-refractivity contribution is 0.178. The summed E-state index contributed by atoms with van der Waals surface area (Å²) in [5, 5.41) is 14.9. The van der Waals surface area contributed by atoms with E-state index in [0.29, 0.717) is 12.6 Å². The van der Waals surface area contributed by atoms with Crippen molar-refractivity contribution >= 4 is 10.8 Å². The first-order valence-corrected chi connectivity index (χ1v) is 6.68. The largest absolute Gasteiger partial charge is 0.491 e. The van der Waals surface area contributed by atoms with E-state index in [1.54, 1.807) is 0 Å². The van der Waals surface area contributed by atoms with Crippen LogP contribution in [0.2, 0.25) is 0 Å². The van der Waals surface area contributed by atoms with Gasteiger partial charge in [-0.3, -0.25) is 0 Å². The molecule has 0 saturated carbocycles. The third-order valence-corrected chi connectivity index (χ3v) is 2.98. The fraction of sp³-hybridized carbons (Fsp3) is 0.375. The fourth-order valence-electron chi connectivity index (χ4n) is 2.14. The molecule has 3 nitrogen and oxygen atoms in total. The fourth-order valence-corrected chi connectivity index (χ4v) is 2.14. The van der Waals surface area contributed by atoms with Crippen LogP contribution in [0.4, 0.5) is 0 Å². The molecule has 0 heterocycles. The molecule has 2 N–H and O–H groups in total. The Morgan fingerprint density at radius 3 is 2.58 bits per heavy atom. The highest BCUT2D eigenvalue weighted by atomic mass is 16.5. The Balaban J connectivity index is 2.09. The summed E-state index contributed by atoms with van der Waals surface area (Å²) >= 11 is 0. The molecule has 0 aliphatic heterocycles. The van der Waals surface area contributed by atoms with E-state index in [0.717, 1.165) is 16.5 Å². The first-order valence-electron chi connectivity index (χ1n) is 6.68. The van der Waals surface area contributed by atoms with Gasteiger partial charge in [-0.2, -0.15) is 0 Å². The van der Waals surface area contributed by atoms with Crippen molar-refractivity contribution in [3.05, 3.63) is 42.5 Å². The minimum absolute atomic E-state index is 0.0426. The standard InChI is InChI=1S/C16H21NO2/c1-12(2)17-14(10-18)11-19-16-9-5-7-13-6-3-4-8-15(13)16/h3-9,12,14,17-18H,10-11H2,1-2H3/t14-/m1/s1. The number of rotatable bonds is 6. The van der Waals surface area contributed by atoms with E-state index in [4.69, 9.17) is 4.74 Å². The summed E-state index contributed by atoms with van der Waals surface area (Å²) in [6.45, 7) is 4.65. The topological polar surface area (TPSA) is 41.5 Å². The molecule has 19 heavy (non-hydrogen) atoms. The second-order valence-corrected chi connectivity index (χ2v) is 4.99. The zero-order valence-corrected chi connectivity index (χ0v) is 11.5. The van der Waals surface area contributed by atoms with Crippen molar-refractivity contribution in [1.82, 2.24) is 5.32 Å². The maximum Gasteiger partial charge on any atom is 0.127 e. The zero-order valence-electron chi connectivity index (χ0n) is 11.5. The van der Waals surface area contributed by atoms with Gasteiger partial charge in [0.1, 0.15) is 12.4 Å². The molecule has 0 fully saturated rings. The van der Waals surface area contributed by atoms with E-state index < -0.39 is 0 Å². The van der Waals surface area contributed by atoms with E-state index in [2.05, 4.69) is 37.4 Å². The van der Waals surface area contributed by atoms with Gasteiger partial charge in [0.25, 0.3) is 0 Å². The van der Waals surface area contributed by atoms with Crippen LogP contribution in [0, 0.1) is 0 Å². The van der Waals surface area contributed by atoms with E-state index in [9.17, 15) is 5.11 Å². The number of benzene rings is 2. The van der Waals surface area contributed by atoms with Gasteiger partial charge in [-0.1, -0.05) is 50.2 Å². The Bertz CT molecular complexity index is 520. The smallest absolute Gasteiger partial charge is 0.127 e. The van der Waals surface area contributed by atoms with Crippen LogP contribution in [-0.2, 0) is 0 Å². The Morgan fingerprint density at radius 2 is 1.84 bits per heavy atom. The van der Waals surface area contributed by atoms with Gasteiger partial charge in [-0.25, -0.2) is 0 Å². The van der Waals surface area contributed by atoms with Gasteiger partial charge < -0.3 is 15.2 Å². The van der Waals surface area contributed by atoms with Crippen molar-refractivity contribution in [2.75, 3.05) is 13.2 Å². The number of nitrogens with one attached hydrogen (secondary N) is 1. The lowest BCUT2D eigenvalue weighted by atomic mass is 10.1. The molecule has 2 aromatic rings. The van der Waals surface area contributed by atoms with Crippen LogP contribution in [0.3, 0.4) is 0 Å². The molecule has 0 aromatic heterocycles. The van der Waals surface area contributed by atoms with Crippen molar-refractivity contribution < 1.29 is 9.84 Å². The summed E-state index contributed by atoms with van der Waals surface area (Å²) in [5.41, 5.74) is 0. The van der Waals surface area contributed by atoms with E-state index in [1.165, 1.54) is 0 Å². The van der Waals surface area contributed by atoms with Gasteiger partial charge in [0.2, 0.25) is 0 Å². The maximum absolute atomic E-state index is 9.32. The Kier molecular flexibility index (Phi) is 4.77. The molecular formula is C16H21NO2. The highest BCUT2D eigenvalue weighted by Crippen LogP contribution is 2.25. The van der Waals surface area contributed by atoms with Crippen molar-refractivity contribution in [2.45, 2.75) is 25.9 Å². The average molecular weight is 259 g/mol. The molecule has 0 amide bonds. The highest BCUT2D eigenvalue weighted by Gasteiger charge is 2.10. The molecule has 0 spiro atoms. The quantitative estimate of drug-likeness (QED) is 0.838. The lowest BCUT2D eigenvalue weighted by Gasteiger charge is -2.20. The number of hydrogen-bond acceptors (Lipinski definition) is 3. The van der Waals surface area contributed by atoms with E-state index >= 15 is 0 Å². The molecular weight excluding hydrogens is 238 g/mol. The van der Waals surface area contributed by atoms with Crippen molar-refractivity contribution in [2.24, 2.45) is 0 Å². The van der Waals surface area contributed by atoms with Crippen LogP contribution >= 0.6 is 0 Å². The van der Waals surface area contributed by atoms with Gasteiger partial charge >= 0.3 is 0 Å². The van der Waals surface area contributed by atoms with Crippen LogP contribution < -0.4 is 10.1 Å². The minimum Gasteiger partial charge on any atom is -0.491 e. The molecule has 1 atom stereocenters. The molecule has 2 aromatic carbocycles. The summed E-state index contributed by atoms with van der Waals surface area (Å²) < 4.78 is 5.85. The van der Waals surface area contributed by atoms with Crippen molar-refractivity contribution in [3.63, 3.8) is 0 Å². The van der Waals surface area contributed by atoms with Gasteiger partial charge in [-0.05, 0) is 11.5 Å². The Morgan fingerprint density at radius 1 is 1.11 bits per heavy atom. The second kappa shape index (κ2) is 6.55. The first kappa shape index (κ1) is 13.8. The molecule has 0 saturated heterocycles. The predicted octanol–water partition coefficient (Wildman–Crippen LogP) is 2.58. The molecule has 0 radical (unpaired) electrons. The monoisotopic (exact) mass is 259 g/mol. The van der Waals surface area contributed by atoms with Crippen molar-refractivity contribution in [1.29, 1.82) is 0 Å². The van der Waals surface area contributed by atoms with E-state index in [-0.39, 0.29) is 12.6 Å². The summed E-state index contributed by atoms with van der Waals surface area (Å²) in [7, 11) is 0. The van der Waals surface area contributed by atoms with Crippen LogP contribution in [0.1, 0.15) is 13.8 Å². The van der Waals surface area contributed by atoms with E-state index in [1.807, 2.05) is 24.3 Å². The SMILES string of the molecule is CC(C)N[C@H](CO)COc1cccc2ccccc12. The molecule has 0 unspecified atom stereocenters. The molecule has 0 aliphatic carbocycles. The van der Waals surface area contributed by atoms with Crippen LogP contribution in [0.5, 0.6) is 5.75 Å². The number of aliphatic hydroxyl groups excluding tert-OH is 1. The molecule has 0 aliphatic rings. The number of fused-ring (bicyclic) bond motifs is 1. The van der Waals surface area contributed by atoms with Gasteiger partial charge in [0.05, 0.1) is 12.6 Å². The molecule has 0 bridgehead atoms. The van der Waals surface area contributed by atoms with Gasteiger partial charge in [0.15, 0.2) is 0 Å². The van der Waals surface area contributed by atoms with Gasteiger partial charge in [0, 0.05) is 11.4 Å². The number of hydrogen-bond donors (Lipinski definition) is 2. The Hall–Kier alpha value is -1.58. The van der Waals surface area contributed by atoms with Crippen LogP contribution in [0.15, 0.2) is 42.5 Å². The Labute approximate surface area is 114 Å². The maximum atomic E-state index is 9.32. The predicted molar refractivity (Wildman–Crippen MR) is 78.6 cm³/mol. The molecule has 102 valence electrons. The zero-order chi connectivity index (χ0) is 13.7. The van der Waals surface area contributed by atoms with Crippen molar-refractivity contribution in [3.8, 4) is 5.75 Å². The molecule has 3 heteroatoms. The van der Waals surface area contributed by atoms with Crippen LogP contribution in [-0.4, -0.2) is 30.4 Å². The highest BCUT2D eigenvalue weighted by molar-refractivity contribution is 5.88. The third-order valence-electron chi connectivity index (χ3n) is 2.98. The second-order valence-electron chi connectivity index (χ2n) is 4.99.